The molecule has 4 N–H and O–H groups in total. The van der Waals surface area contributed by atoms with Crippen molar-refractivity contribution in [3.8, 4) is 0 Å². The van der Waals surface area contributed by atoms with Crippen LogP contribution in [0, 0.1) is 6.92 Å². The smallest absolute Gasteiger partial charge is 0.148 e. The largest absolute Gasteiger partial charge is 0.394 e. The zero-order valence-corrected chi connectivity index (χ0v) is 12.8. The van der Waals surface area contributed by atoms with Crippen LogP contribution in [-0.2, 0) is 11.2 Å². The Morgan fingerprint density at radius 2 is 2.10 bits per heavy atom. The standard InChI is InChI=1S/C14H25N5O2/c1-3-12-16-13(18-15)10(2)14(17-12)19-6-4-11(5-7-19)21-9-8-20/h11,20H,3-9,15H2,1-2H3,(H,16,17,18). The molecule has 1 aliphatic rings. The highest BCUT2D eigenvalue weighted by atomic mass is 16.5. The van der Waals surface area contributed by atoms with Crippen LogP contribution in [-0.4, -0.2) is 47.5 Å². The molecule has 0 radical (unpaired) electrons. The van der Waals surface area contributed by atoms with Gasteiger partial charge >= 0.3 is 0 Å². The first kappa shape index (κ1) is 15.9. The molecule has 118 valence electrons. The van der Waals surface area contributed by atoms with Crippen molar-refractivity contribution in [1.29, 1.82) is 0 Å². The fourth-order valence-electron chi connectivity index (χ4n) is 2.61. The average molecular weight is 295 g/mol. The molecule has 0 amide bonds. The number of aliphatic hydroxyl groups is 1. The van der Waals surface area contributed by atoms with E-state index in [2.05, 4.69) is 20.3 Å². The van der Waals surface area contributed by atoms with E-state index >= 15 is 0 Å². The molecule has 1 aromatic heterocycles. The highest BCUT2D eigenvalue weighted by Crippen LogP contribution is 2.26. The molecule has 21 heavy (non-hydrogen) atoms. The van der Waals surface area contributed by atoms with E-state index in [1.165, 1.54) is 0 Å². The molecule has 0 bridgehead atoms. The summed E-state index contributed by atoms with van der Waals surface area (Å²) in [5.74, 6) is 7.99. The monoisotopic (exact) mass is 295 g/mol. The van der Waals surface area contributed by atoms with Crippen LogP contribution in [0.1, 0.15) is 31.2 Å². The van der Waals surface area contributed by atoms with Gasteiger partial charge in [-0.1, -0.05) is 6.92 Å². The van der Waals surface area contributed by atoms with E-state index in [1.807, 2.05) is 13.8 Å². The van der Waals surface area contributed by atoms with Gasteiger partial charge in [0.1, 0.15) is 17.5 Å². The minimum Gasteiger partial charge on any atom is -0.394 e. The molecule has 0 spiro atoms. The number of nitrogens with one attached hydrogen (secondary N) is 1. The van der Waals surface area contributed by atoms with Crippen LogP contribution in [0.3, 0.4) is 0 Å². The van der Waals surface area contributed by atoms with Crippen LogP contribution < -0.4 is 16.2 Å². The quantitative estimate of drug-likeness (QED) is 0.522. The predicted octanol–water partition coefficient (Wildman–Crippen LogP) is 0.611. The summed E-state index contributed by atoms with van der Waals surface area (Å²) in [5.41, 5.74) is 3.63. The van der Waals surface area contributed by atoms with E-state index in [1.54, 1.807) is 0 Å². The van der Waals surface area contributed by atoms with Crippen molar-refractivity contribution in [2.75, 3.05) is 36.6 Å². The van der Waals surface area contributed by atoms with E-state index in [-0.39, 0.29) is 12.7 Å². The van der Waals surface area contributed by atoms with E-state index in [4.69, 9.17) is 15.7 Å². The van der Waals surface area contributed by atoms with Crippen molar-refractivity contribution in [1.82, 2.24) is 9.97 Å². The summed E-state index contributed by atoms with van der Waals surface area (Å²) in [6.07, 6.45) is 2.89. The summed E-state index contributed by atoms with van der Waals surface area (Å²) in [7, 11) is 0. The third-order valence-corrected chi connectivity index (χ3v) is 3.81. The van der Waals surface area contributed by atoms with Crippen LogP contribution in [0.15, 0.2) is 0 Å². The third-order valence-electron chi connectivity index (χ3n) is 3.81. The lowest BCUT2D eigenvalue weighted by atomic mass is 10.1. The molecule has 0 atom stereocenters. The average Bonchev–Trinajstić information content (AvgIpc) is 2.53. The number of anilines is 2. The van der Waals surface area contributed by atoms with Crippen LogP contribution in [0.4, 0.5) is 11.6 Å². The summed E-state index contributed by atoms with van der Waals surface area (Å²) < 4.78 is 5.59. The van der Waals surface area contributed by atoms with Gasteiger partial charge in [-0.05, 0) is 19.8 Å². The number of aromatic nitrogens is 2. The summed E-state index contributed by atoms with van der Waals surface area (Å²) in [4.78, 5) is 11.3. The highest BCUT2D eigenvalue weighted by molar-refractivity contribution is 5.58. The first-order valence-corrected chi connectivity index (χ1v) is 7.51. The van der Waals surface area contributed by atoms with E-state index in [0.29, 0.717) is 12.4 Å². The lowest BCUT2D eigenvalue weighted by Gasteiger charge is -2.33. The van der Waals surface area contributed by atoms with Crippen molar-refractivity contribution in [3.63, 3.8) is 0 Å². The van der Waals surface area contributed by atoms with Gasteiger partial charge in [-0.25, -0.2) is 15.8 Å². The second-order valence-electron chi connectivity index (χ2n) is 5.22. The highest BCUT2D eigenvalue weighted by Gasteiger charge is 2.23. The van der Waals surface area contributed by atoms with Gasteiger partial charge in [0.05, 0.1) is 19.3 Å². The molecule has 0 aliphatic carbocycles. The number of ether oxygens (including phenoxy) is 1. The predicted molar refractivity (Wildman–Crippen MR) is 82.2 cm³/mol. The van der Waals surface area contributed by atoms with Gasteiger partial charge in [0, 0.05) is 25.1 Å². The fourth-order valence-corrected chi connectivity index (χ4v) is 2.61. The van der Waals surface area contributed by atoms with Crippen LogP contribution in [0.2, 0.25) is 0 Å². The number of piperidine rings is 1. The normalized spacial score (nSPS) is 16.3. The summed E-state index contributed by atoms with van der Waals surface area (Å²) >= 11 is 0. The molecule has 1 fully saturated rings. The maximum atomic E-state index is 8.81. The number of nitrogen functional groups attached to an aromatic ring is 1. The van der Waals surface area contributed by atoms with Gasteiger partial charge in [-0.2, -0.15) is 0 Å². The van der Waals surface area contributed by atoms with Crippen LogP contribution in [0.25, 0.3) is 0 Å². The van der Waals surface area contributed by atoms with Gasteiger partial charge in [0.2, 0.25) is 0 Å². The molecule has 1 aromatic rings. The number of rotatable bonds is 6. The van der Waals surface area contributed by atoms with E-state index in [9.17, 15) is 0 Å². The second-order valence-corrected chi connectivity index (χ2v) is 5.22. The summed E-state index contributed by atoms with van der Waals surface area (Å²) in [5, 5.41) is 8.81. The Bertz CT molecular complexity index is 461. The Kier molecular flexibility index (Phi) is 5.72. The number of nitrogens with zero attached hydrogens (tertiary/aromatic N) is 3. The molecule has 0 aromatic carbocycles. The first-order chi connectivity index (χ1) is 10.2. The lowest BCUT2D eigenvalue weighted by molar-refractivity contribution is 0.0158. The Labute approximate surface area is 125 Å². The molecule has 1 saturated heterocycles. The second kappa shape index (κ2) is 7.53. The summed E-state index contributed by atoms with van der Waals surface area (Å²) in [6, 6.07) is 0. The summed E-state index contributed by atoms with van der Waals surface area (Å²) in [6.45, 7) is 6.29. The van der Waals surface area contributed by atoms with Crippen molar-refractivity contribution < 1.29 is 9.84 Å². The molecule has 1 aliphatic heterocycles. The molecule has 0 unspecified atom stereocenters. The topological polar surface area (TPSA) is 96.5 Å². The minimum atomic E-state index is 0.0800. The number of aliphatic hydroxyl groups excluding tert-OH is 1. The number of hydrogen-bond acceptors (Lipinski definition) is 7. The molecular weight excluding hydrogens is 270 g/mol. The zero-order chi connectivity index (χ0) is 15.2. The molecular formula is C14H25N5O2. The Hall–Kier alpha value is -1.44. The molecule has 2 heterocycles. The molecule has 2 rings (SSSR count). The van der Waals surface area contributed by atoms with Crippen molar-refractivity contribution in [2.45, 2.75) is 39.2 Å². The van der Waals surface area contributed by atoms with Gasteiger partial charge in [0.25, 0.3) is 0 Å². The molecule has 7 heteroatoms. The van der Waals surface area contributed by atoms with Crippen molar-refractivity contribution in [3.05, 3.63) is 11.4 Å². The fraction of sp³-hybridized carbons (Fsp3) is 0.714. The maximum Gasteiger partial charge on any atom is 0.148 e. The Morgan fingerprint density at radius 3 is 2.67 bits per heavy atom. The van der Waals surface area contributed by atoms with Crippen molar-refractivity contribution >= 4 is 11.6 Å². The van der Waals surface area contributed by atoms with Gasteiger partial charge in [-0.3, -0.25) is 0 Å². The van der Waals surface area contributed by atoms with Gasteiger partial charge in [0.15, 0.2) is 0 Å². The third kappa shape index (κ3) is 3.81. The molecule has 7 nitrogen and oxygen atoms in total. The maximum absolute atomic E-state index is 8.81. The number of hydrogen-bond donors (Lipinski definition) is 3. The molecule has 0 saturated carbocycles. The van der Waals surface area contributed by atoms with Crippen molar-refractivity contribution in [2.24, 2.45) is 5.84 Å². The minimum absolute atomic E-state index is 0.0800. The Morgan fingerprint density at radius 1 is 1.38 bits per heavy atom. The van der Waals surface area contributed by atoms with E-state index in [0.717, 1.165) is 49.6 Å². The number of aryl methyl sites for hydroxylation is 1. The SMILES string of the molecule is CCc1nc(NN)c(C)c(N2CCC(OCCO)CC2)n1. The number of hydrazine groups is 1. The first-order valence-electron chi connectivity index (χ1n) is 7.51. The zero-order valence-electron chi connectivity index (χ0n) is 12.8. The van der Waals surface area contributed by atoms with Gasteiger partial charge in [-0.15, -0.1) is 0 Å². The van der Waals surface area contributed by atoms with E-state index < -0.39 is 0 Å². The van der Waals surface area contributed by atoms with Crippen LogP contribution in [0.5, 0.6) is 0 Å². The Balaban J connectivity index is 2.09. The van der Waals surface area contributed by atoms with Gasteiger partial charge < -0.3 is 20.2 Å². The number of nitrogens with two attached hydrogens (primary N) is 1. The lowest BCUT2D eigenvalue weighted by Crippen LogP contribution is -2.38. The van der Waals surface area contributed by atoms with Crippen LogP contribution >= 0.6 is 0 Å².